The summed E-state index contributed by atoms with van der Waals surface area (Å²) >= 11 is 0. The van der Waals surface area contributed by atoms with E-state index in [4.69, 9.17) is 18.9 Å². The summed E-state index contributed by atoms with van der Waals surface area (Å²) in [5.41, 5.74) is 1.94. The zero-order valence-electron chi connectivity index (χ0n) is 14.3. The highest BCUT2D eigenvalue weighted by Crippen LogP contribution is 2.38. The predicted octanol–water partition coefficient (Wildman–Crippen LogP) is 3.66. The Bertz CT molecular complexity index is 957. The van der Waals surface area contributed by atoms with Gasteiger partial charge in [-0.25, -0.2) is 0 Å². The number of carbonyl (C=O) groups excluding carboxylic acids is 2. The molecule has 2 heterocycles. The minimum atomic E-state index is -0.343. The SMILES string of the molecule is CCC(=O)Oc1cc(C)c2c(c1)O/C(=C\c1ccc3c(c1)OCO3)C2=O. The molecule has 0 aliphatic carbocycles. The summed E-state index contributed by atoms with van der Waals surface area (Å²) in [6, 6.07) is 8.62. The topological polar surface area (TPSA) is 71.1 Å². The molecule has 26 heavy (non-hydrogen) atoms. The number of rotatable bonds is 3. The molecule has 0 atom stereocenters. The lowest BCUT2D eigenvalue weighted by Crippen LogP contribution is -2.06. The van der Waals surface area contributed by atoms with E-state index in [0.29, 0.717) is 34.1 Å². The van der Waals surface area contributed by atoms with Crippen LogP contribution in [0, 0.1) is 6.92 Å². The Morgan fingerprint density at radius 2 is 1.96 bits per heavy atom. The third kappa shape index (κ3) is 2.79. The van der Waals surface area contributed by atoms with Crippen LogP contribution in [0.2, 0.25) is 0 Å². The first-order valence-corrected chi connectivity index (χ1v) is 8.24. The van der Waals surface area contributed by atoms with Crippen LogP contribution in [0.25, 0.3) is 6.08 Å². The summed E-state index contributed by atoms with van der Waals surface area (Å²) < 4.78 is 21.6. The molecule has 0 radical (unpaired) electrons. The molecule has 2 aromatic rings. The van der Waals surface area contributed by atoms with Crippen molar-refractivity contribution in [3.8, 4) is 23.0 Å². The second kappa shape index (κ2) is 6.22. The molecule has 0 aromatic heterocycles. The first kappa shape index (κ1) is 16.2. The third-order valence-corrected chi connectivity index (χ3v) is 4.16. The van der Waals surface area contributed by atoms with Crippen LogP contribution >= 0.6 is 0 Å². The van der Waals surface area contributed by atoms with Crippen LogP contribution in [0.3, 0.4) is 0 Å². The summed E-state index contributed by atoms with van der Waals surface area (Å²) in [7, 11) is 0. The van der Waals surface area contributed by atoms with Crippen molar-refractivity contribution in [3.63, 3.8) is 0 Å². The summed E-state index contributed by atoms with van der Waals surface area (Å²) in [5.74, 6) is 1.72. The van der Waals surface area contributed by atoms with E-state index in [0.717, 1.165) is 5.56 Å². The van der Waals surface area contributed by atoms with Gasteiger partial charge in [-0.2, -0.15) is 0 Å². The zero-order chi connectivity index (χ0) is 18.3. The van der Waals surface area contributed by atoms with Crippen LogP contribution in [0.5, 0.6) is 23.0 Å². The second-order valence-electron chi connectivity index (χ2n) is 5.99. The van der Waals surface area contributed by atoms with Crippen molar-refractivity contribution in [2.45, 2.75) is 20.3 Å². The highest BCUT2D eigenvalue weighted by molar-refractivity contribution is 6.15. The van der Waals surface area contributed by atoms with Gasteiger partial charge in [0, 0.05) is 12.5 Å². The van der Waals surface area contributed by atoms with E-state index in [9.17, 15) is 9.59 Å². The molecule has 0 saturated carbocycles. The molecule has 0 amide bonds. The maximum absolute atomic E-state index is 12.7. The molecule has 0 saturated heterocycles. The molecule has 2 aliphatic heterocycles. The molecule has 0 spiro atoms. The maximum Gasteiger partial charge on any atom is 0.310 e. The van der Waals surface area contributed by atoms with Crippen LogP contribution in [0.4, 0.5) is 0 Å². The van der Waals surface area contributed by atoms with Gasteiger partial charge in [-0.1, -0.05) is 13.0 Å². The number of ether oxygens (including phenoxy) is 4. The average molecular weight is 352 g/mol. The van der Waals surface area contributed by atoms with E-state index in [1.807, 2.05) is 6.07 Å². The zero-order valence-corrected chi connectivity index (χ0v) is 14.3. The van der Waals surface area contributed by atoms with Crippen molar-refractivity contribution in [2.24, 2.45) is 0 Å². The molecular formula is C20H16O6. The van der Waals surface area contributed by atoms with E-state index in [2.05, 4.69) is 0 Å². The van der Waals surface area contributed by atoms with Crippen LogP contribution in [-0.2, 0) is 4.79 Å². The molecule has 2 aromatic carbocycles. The van der Waals surface area contributed by atoms with E-state index in [1.165, 1.54) is 0 Å². The second-order valence-corrected chi connectivity index (χ2v) is 5.99. The average Bonchev–Trinajstić information content (AvgIpc) is 3.19. The van der Waals surface area contributed by atoms with Gasteiger partial charge in [0.25, 0.3) is 0 Å². The van der Waals surface area contributed by atoms with Crippen LogP contribution in [0.1, 0.15) is 34.8 Å². The lowest BCUT2D eigenvalue weighted by atomic mass is 10.0. The fourth-order valence-electron chi connectivity index (χ4n) is 2.89. The Hall–Kier alpha value is -3.28. The van der Waals surface area contributed by atoms with Crippen molar-refractivity contribution >= 4 is 17.8 Å². The number of esters is 1. The van der Waals surface area contributed by atoms with Gasteiger partial charge in [0.1, 0.15) is 11.5 Å². The Morgan fingerprint density at radius 1 is 1.15 bits per heavy atom. The predicted molar refractivity (Wildman–Crippen MR) is 92.6 cm³/mol. The van der Waals surface area contributed by atoms with Crippen molar-refractivity contribution < 1.29 is 28.5 Å². The smallest absolute Gasteiger partial charge is 0.310 e. The fourth-order valence-corrected chi connectivity index (χ4v) is 2.89. The quantitative estimate of drug-likeness (QED) is 0.477. The summed E-state index contributed by atoms with van der Waals surface area (Å²) in [6.45, 7) is 3.69. The van der Waals surface area contributed by atoms with Crippen LogP contribution in [0.15, 0.2) is 36.1 Å². The molecule has 6 heteroatoms. The number of aryl methyl sites for hydroxylation is 1. The largest absolute Gasteiger partial charge is 0.454 e. The molecule has 2 aliphatic rings. The van der Waals surface area contributed by atoms with Gasteiger partial charge >= 0.3 is 5.97 Å². The Morgan fingerprint density at radius 3 is 2.77 bits per heavy atom. The van der Waals surface area contributed by atoms with Gasteiger partial charge in [0.15, 0.2) is 17.3 Å². The van der Waals surface area contributed by atoms with Gasteiger partial charge in [0.2, 0.25) is 12.6 Å². The minimum Gasteiger partial charge on any atom is -0.454 e. The van der Waals surface area contributed by atoms with E-state index < -0.39 is 0 Å². The molecule has 132 valence electrons. The summed E-state index contributed by atoms with van der Waals surface area (Å²) in [5, 5.41) is 0. The van der Waals surface area contributed by atoms with Crippen LogP contribution < -0.4 is 18.9 Å². The highest BCUT2D eigenvalue weighted by Gasteiger charge is 2.30. The van der Waals surface area contributed by atoms with E-state index in [-0.39, 0.29) is 30.7 Å². The minimum absolute atomic E-state index is 0.189. The number of fused-ring (bicyclic) bond motifs is 2. The van der Waals surface area contributed by atoms with Crippen molar-refractivity contribution in [3.05, 3.63) is 52.8 Å². The number of Topliss-reactive ketones (excluding diaryl/α,β-unsaturated/α-hetero) is 1. The molecule has 0 bridgehead atoms. The first-order valence-electron chi connectivity index (χ1n) is 8.24. The lowest BCUT2D eigenvalue weighted by molar-refractivity contribution is -0.134. The standard InChI is InChI=1S/C20H16O6/c1-3-18(21)25-13-6-11(2)19-16(9-13)26-17(20(19)22)8-12-4-5-14-15(7-12)24-10-23-14/h4-9H,3,10H2,1-2H3/b17-8-. The normalized spacial score (nSPS) is 15.8. The van der Waals surface area contributed by atoms with E-state index in [1.54, 1.807) is 44.2 Å². The number of carbonyl (C=O) groups is 2. The molecule has 6 nitrogen and oxygen atoms in total. The number of allylic oxidation sites excluding steroid dienone is 1. The van der Waals surface area contributed by atoms with Crippen molar-refractivity contribution in [2.75, 3.05) is 6.79 Å². The lowest BCUT2D eigenvalue weighted by Gasteiger charge is -2.06. The van der Waals surface area contributed by atoms with Gasteiger partial charge in [0.05, 0.1) is 5.56 Å². The Labute approximate surface area is 149 Å². The van der Waals surface area contributed by atoms with Gasteiger partial charge in [-0.05, 0) is 42.3 Å². The van der Waals surface area contributed by atoms with Gasteiger partial charge < -0.3 is 18.9 Å². The summed E-state index contributed by atoms with van der Waals surface area (Å²) in [4.78, 5) is 24.2. The van der Waals surface area contributed by atoms with Crippen molar-refractivity contribution in [1.29, 1.82) is 0 Å². The van der Waals surface area contributed by atoms with Gasteiger partial charge in [-0.3, -0.25) is 9.59 Å². The van der Waals surface area contributed by atoms with Crippen LogP contribution in [-0.4, -0.2) is 18.5 Å². The Kier molecular flexibility index (Phi) is 3.88. The Balaban J connectivity index is 1.65. The molecular weight excluding hydrogens is 336 g/mol. The molecule has 0 N–H and O–H groups in total. The molecule has 0 fully saturated rings. The summed E-state index contributed by atoms with van der Waals surface area (Å²) in [6.07, 6.45) is 1.92. The number of benzene rings is 2. The molecule has 0 unspecified atom stereocenters. The molecule has 4 rings (SSSR count). The third-order valence-electron chi connectivity index (χ3n) is 4.16. The van der Waals surface area contributed by atoms with Crippen molar-refractivity contribution in [1.82, 2.24) is 0 Å². The monoisotopic (exact) mass is 352 g/mol. The van der Waals surface area contributed by atoms with Gasteiger partial charge in [-0.15, -0.1) is 0 Å². The number of hydrogen-bond acceptors (Lipinski definition) is 6. The fraction of sp³-hybridized carbons (Fsp3) is 0.200. The number of hydrogen-bond donors (Lipinski definition) is 0. The highest BCUT2D eigenvalue weighted by atomic mass is 16.7. The first-order chi connectivity index (χ1) is 12.5. The number of ketones is 1. The van der Waals surface area contributed by atoms with E-state index >= 15 is 0 Å². The maximum atomic E-state index is 12.7.